The maximum absolute atomic E-state index is 12.8. The number of hydrogen-bond acceptors (Lipinski definition) is 4. The molecule has 0 aliphatic carbocycles. The Morgan fingerprint density at radius 1 is 1.17 bits per heavy atom. The van der Waals surface area contributed by atoms with Gasteiger partial charge < -0.3 is 10.1 Å². The van der Waals surface area contributed by atoms with Crippen LogP contribution in [0.1, 0.15) is 36.9 Å². The summed E-state index contributed by atoms with van der Waals surface area (Å²) >= 11 is 6.11. The van der Waals surface area contributed by atoms with E-state index in [9.17, 15) is 13.2 Å². The lowest BCUT2D eigenvalue weighted by Crippen LogP contribution is -2.43. The topological polar surface area (TPSA) is 75.7 Å². The highest BCUT2D eigenvalue weighted by Crippen LogP contribution is 2.27. The Morgan fingerprint density at radius 2 is 1.80 bits per heavy atom. The first-order valence-electron chi connectivity index (χ1n) is 9.96. The van der Waals surface area contributed by atoms with Crippen molar-refractivity contribution in [2.75, 3.05) is 20.2 Å². The average molecular weight is 451 g/mol. The molecule has 30 heavy (non-hydrogen) atoms. The normalized spacial score (nSPS) is 16.8. The van der Waals surface area contributed by atoms with E-state index < -0.39 is 10.0 Å². The summed E-state index contributed by atoms with van der Waals surface area (Å²) in [6.45, 7) is 2.57. The predicted molar refractivity (Wildman–Crippen MR) is 118 cm³/mol. The molecular formula is C22H27ClN2O4S. The van der Waals surface area contributed by atoms with Crippen LogP contribution < -0.4 is 10.1 Å². The Bertz CT molecular complexity index is 988. The standard InChI is InChI=1S/C22H27ClN2O4S/c1-16(19-8-4-6-10-21(19)29-2)24-22(26)17-11-13-25(14-12-17)30(27,28)15-18-7-3-5-9-20(18)23/h3-10,16-17H,11-15H2,1-2H3,(H,24,26)/t16-/m1/s1. The monoisotopic (exact) mass is 450 g/mol. The van der Waals surface area contributed by atoms with Gasteiger partial charge in [0.2, 0.25) is 15.9 Å². The third kappa shape index (κ3) is 5.33. The molecule has 1 aliphatic heterocycles. The largest absolute Gasteiger partial charge is 0.496 e. The smallest absolute Gasteiger partial charge is 0.223 e. The number of methoxy groups -OCH3 is 1. The molecule has 8 heteroatoms. The van der Waals surface area contributed by atoms with Gasteiger partial charge in [0, 0.05) is 29.6 Å². The lowest BCUT2D eigenvalue weighted by molar-refractivity contribution is -0.126. The molecule has 2 aromatic rings. The highest BCUT2D eigenvalue weighted by atomic mass is 35.5. The fourth-order valence-corrected chi connectivity index (χ4v) is 5.61. The number of para-hydroxylation sites is 1. The van der Waals surface area contributed by atoms with Gasteiger partial charge >= 0.3 is 0 Å². The Balaban J connectivity index is 1.57. The van der Waals surface area contributed by atoms with Gasteiger partial charge in [-0.15, -0.1) is 0 Å². The van der Waals surface area contributed by atoms with E-state index in [4.69, 9.17) is 16.3 Å². The first kappa shape index (κ1) is 22.6. The molecule has 6 nitrogen and oxygen atoms in total. The van der Waals surface area contributed by atoms with E-state index >= 15 is 0 Å². The third-order valence-electron chi connectivity index (χ3n) is 5.48. The van der Waals surface area contributed by atoms with Gasteiger partial charge in [-0.2, -0.15) is 0 Å². The summed E-state index contributed by atoms with van der Waals surface area (Å²) in [6.07, 6.45) is 0.985. The van der Waals surface area contributed by atoms with Crippen molar-refractivity contribution in [3.8, 4) is 5.75 Å². The molecule has 1 aliphatic rings. The van der Waals surface area contributed by atoms with Crippen LogP contribution in [-0.2, 0) is 20.6 Å². The fourth-order valence-electron chi connectivity index (χ4n) is 3.73. The SMILES string of the molecule is COc1ccccc1[C@@H](C)NC(=O)C1CCN(S(=O)(=O)Cc2ccccc2Cl)CC1. The second-order valence-corrected chi connectivity index (χ2v) is 9.87. The molecule has 1 N–H and O–H groups in total. The molecule has 0 spiro atoms. The molecule has 0 bridgehead atoms. The minimum atomic E-state index is -3.48. The van der Waals surface area contributed by atoms with Crippen LogP contribution in [0.2, 0.25) is 5.02 Å². The molecule has 162 valence electrons. The van der Waals surface area contributed by atoms with Gasteiger partial charge in [0.15, 0.2) is 0 Å². The van der Waals surface area contributed by atoms with Crippen LogP contribution in [0, 0.1) is 5.92 Å². The van der Waals surface area contributed by atoms with Crippen molar-refractivity contribution in [3.05, 3.63) is 64.7 Å². The summed E-state index contributed by atoms with van der Waals surface area (Å²) in [7, 11) is -1.88. The number of rotatable bonds is 7. The first-order chi connectivity index (χ1) is 14.3. The Morgan fingerprint density at radius 3 is 2.47 bits per heavy atom. The molecule has 1 amide bonds. The minimum Gasteiger partial charge on any atom is -0.496 e. The zero-order chi connectivity index (χ0) is 21.7. The van der Waals surface area contributed by atoms with Crippen LogP contribution in [0.15, 0.2) is 48.5 Å². The van der Waals surface area contributed by atoms with E-state index in [0.29, 0.717) is 36.5 Å². The van der Waals surface area contributed by atoms with Crippen LogP contribution in [0.25, 0.3) is 0 Å². The minimum absolute atomic E-state index is 0.0587. The highest BCUT2D eigenvalue weighted by molar-refractivity contribution is 7.88. The molecule has 1 atom stereocenters. The van der Waals surface area contributed by atoms with E-state index in [1.165, 1.54) is 4.31 Å². The van der Waals surface area contributed by atoms with E-state index in [1.54, 1.807) is 31.4 Å². The van der Waals surface area contributed by atoms with Gasteiger partial charge in [-0.25, -0.2) is 12.7 Å². The van der Waals surface area contributed by atoms with Crippen molar-refractivity contribution in [3.63, 3.8) is 0 Å². The number of hydrogen-bond donors (Lipinski definition) is 1. The Labute approximate surface area is 183 Å². The van der Waals surface area contributed by atoms with Crippen molar-refractivity contribution in [1.82, 2.24) is 9.62 Å². The number of halogens is 1. The maximum atomic E-state index is 12.8. The first-order valence-corrected chi connectivity index (χ1v) is 11.9. The molecule has 0 radical (unpaired) electrons. The zero-order valence-electron chi connectivity index (χ0n) is 17.2. The molecule has 0 saturated carbocycles. The number of piperidine rings is 1. The molecular weight excluding hydrogens is 424 g/mol. The summed E-state index contributed by atoms with van der Waals surface area (Å²) in [6, 6.07) is 14.3. The highest BCUT2D eigenvalue weighted by Gasteiger charge is 2.32. The summed E-state index contributed by atoms with van der Waals surface area (Å²) in [4.78, 5) is 12.7. The molecule has 1 heterocycles. The zero-order valence-corrected chi connectivity index (χ0v) is 18.7. The number of sulfonamides is 1. The van der Waals surface area contributed by atoms with E-state index in [2.05, 4.69) is 5.32 Å². The number of nitrogens with one attached hydrogen (secondary N) is 1. The number of carbonyl (C=O) groups excluding carboxylic acids is 1. The number of carbonyl (C=O) groups is 1. The van der Waals surface area contributed by atoms with Crippen LogP contribution >= 0.6 is 11.6 Å². The summed E-state index contributed by atoms with van der Waals surface area (Å²) < 4.78 is 32.4. The van der Waals surface area contributed by atoms with Crippen molar-refractivity contribution >= 4 is 27.5 Å². The van der Waals surface area contributed by atoms with E-state index in [1.807, 2.05) is 31.2 Å². The summed E-state index contributed by atoms with van der Waals surface area (Å²) in [5.74, 6) is 0.324. The molecule has 2 aromatic carbocycles. The maximum Gasteiger partial charge on any atom is 0.223 e. The molecule has 0 unspecified atom stereocenters. The lowest BCUT2D eigenvalue weighted by Gasteiger charge is -2.31. The average Bonchev–Trinajstić information content (AvgIpc) is 2.75. The Hall–Kier alpha value is -2.09. The number of ether oxygens (including phenoxy) is 1. The van der Waals surface area contributed by atoms with E-state index in [-0.39, 0.29) is 23.6 Å². The van der Waals surface area contributed by atoms with Gasteiger partial charge in [-0.1, -0.05) is 48.0 Å². The molecule has 3 rings (SSSR count). The van der Waals surface area contributed by atoms with Crippen LogP contribution in [0.5, 0.6) is 5.75 Å². The van der Waals surface area contributed by atoms with Gasteiger partial charge in [0.25, 0.3) is 0 Å². The molecule has 0 aromatic heterocycles. The van der Waals surface area contributed by atoms with Gasteiger partial charge in [-0.05, 0) is 37.5 Å². The summed E-state index contributed by atoms with van der Waals surface area (Å²) in [5, 5.41) is 3.48. The number of benzene rings is 2. The van der Waals surface area contributed by atoms with Gasteiger partial charge in [-0.3, -0.25) is 4.79 Å². The second kappa shape index (κ2) is 9.81. The summed E-state index contributed by atoms with van der Waals surface area (Å²) in [5.41, 5.74) is 1.50. The van der Waals surface area contributed by atoms with Crippen molar-refractivity contribution in [2.45, 2.75) is 31.6 Å². The van der Waals surface area contributed by atoms with Crippen LogP contribution in [0.3, 0.4) is 0 Å². The van der Waals surface area contributed by atoms with Crippen molar-refractivity contribution in [2.24, 2.45) is 5.92 Å². The molecule has 1 fully saturated rings. The van der Waals surface area contributed by atoms with Gasteiger partial charge in [0.1, 0.15) is 5.75 Å². The number of nitrogens with zero attached hydrogens (tertiary/aromatic N) is 1. The lowest BCUT2D eigenvalue weighted by atomic mass is 9.96. The predicted octanol–water partition coefficient (Wildman–Crippen LogP) is 3.77. The van der Waals surface area contributed by atoms with Gasteiger partial charge in [0.05, 0.1) is 18.9 Å². The molecule has 1 saturated heterocycles. The fraction of sp³-hybridized carbons (Fsp3) is 0.409. The Kier molecular flexibility index (Phi) is 7.39. The van der Waals surface area contributed by atoms with Crippen molar-refractivity contribution in [1.29, 1.82) is 0 Å². The quantitative estimate of drug-likeness (QED) is 0.696. The third-order valence-corrected chi connectivity index (χ3v) is 7.67. The second-order valence-electron chi connectivity index (χ2n) is 7.49. The van der Waals surface area contributed by atoms with Crippen LogP contribution in [-0.4, -0.2) is 38.8 Å². The van der Waals surface area contributed by atoms with Crippen molar-refractivity contribution < 1.29 is 17.9 Å². The van der Waals surface area contributed by atoms with Crippen LogP contribution in [0.4, 0.5) is 0 Å². The van der Waals surface area contributed by atoms with E-state index in [0.717, 1.165) is 11.3 Å². The number of amides is 1.